The van der Waals surface area contributed by atoms with Gasteiger partial charge in [0.25, 0.3) is 5.56 Å². The summed E-state index contributed by atoms with van der Waals surface area (Å²) < 4.78 is 1.74. The van der Waals surface area contributed by atoms with Crippen LogP contribution in [-0.4, -0.2) is 49.4 Å². The minimum Gasteiger partial charge on any atom is -0.342 e. The molecule has 8 heteroatoms. The van der Waals surface area contributed by atoms with Crippen LogP contribution in [0.25, 0.3) is 0 Å². The second kappa shape index (κ2) is 7.85. The van der Waals surface area contributed by atoms with E-state index in [1.54, 1.807) is 4.68 Å². The highest BCUT2D eigenvalue weighted by Gasteiger charge is 2.26. The molecule has 1 fully saturated rings. The van der Waals surface area contributed by atoms with Gasteiger partial charge in [0.2, 0.25) is 5.91 Å². The van der Waals surface area contributed by atoms with Gasteiger partial charge in [-0.05, 0) is 33.6 Å². The molecule has 0 saturated carbocycles. The average molecular weight is 371 g/mol. The van der Waals surface area contributed by atoms with Gasteiger partial charge in [-0.3, -0.25) is 19.1 Å². The van der Waals surface area contributed by atoms with Gasteiger partial charge in [0.15, 0.2) is 5.78 Å². The van der Waals surface area contributed by atoms with Gasteiger partial charge in [-0.25, -0.2) is 4.98 Å². The molecule has 27 heavy (non-hydrogen) atoms. The fourth-order valence-electron chi connectivity index (χ4n) is 3.84. The van der Waals surface area contributed by atoms with Gasteiger partial charge in [0.05, 0.1) is 23.3 Å². The number of aryl methyl sites for hydroxylation is 2. The minimum atomic E-state index is -0.172. The van der Waals surface area contributed by atoms with Crippen LogP contribution in [0, 0.1) is 13.8 Å². The van der Waals surface area contributed by atoms with Crippen LogP contribution in [0.5, 0.6) is 0 Å². The van der Waals surface area contributed by atoms with Gasteiger partial charge in [0.1, 0.15) is 0 Å². The predicted molar refractivity (Wildman–Crippen MR) is 99.7 cm³/mol. The molecule has 0 spiro atoms. The molecular weight excluding hydrogens is 346 g/mol. The summed E-state index contributed by atoms with van der Waals surface area (Å²) in [5, 5.41) is 4.40. The van der Waals surface area contributed by atoms with Gasteiger partial charge in [-0.2, -0.15) is 5.10 Å². The molecule has 1 amide bonds. The molecule has 144 valence electrons. The largest absolute Gasteiger partial charge is 0.342 e. The Hall–Kier alpha value is -2.77. The van der Waals surface area contributed by atoms with Crippen molar-refractivity contribution in [1.29, 1.82) is 0 Å². The van der Waals surface area contributed by atoms with Crippen molar-refractivity contribution in [2.24, 2.45) is 0 Å². The first-order valence-electron chi connectivity index (χ1n) is 9.24. The summed E-state index contributed by atoms with van der Waals surface area (Å²) in [5.74, 6) is 0.135. The summed E-state index contributed by atoms with van der Waals surface area (Å²) in [7, 11) is 0. The number of hydrogen-bond acceptors (Lipinski definition) is 5. The molecule has 3 rings (SSSR count). The van der Waals surface area contributed by atoms with Crippen LogP contribution in [0.2, 0.25) is 0 Å². The fourth-order valence-corrected chi connectivity index (χ4v) is 3.84. The first-order valence-corrected chi connectivity index (χ1v) is 9.24. The number of aromatic nitrogens is 4. The Morgan fingerprint density at radius 3 is 2.78 bits per heavy atom. The molecule has 1 aliphatic rings. The Balaban J connectivity index is 1.64. The highest BCUT2D eigenvalue weighted by molar-refractivity contribution is 5.96. The zero-order valence-electron chi connectivity index (χ0n) is 16.0. The molecule has 8 nitrogen and oxygen atoms in total. The molecule has 1 aliphatic heterocycles. The summed E-state index contributed by atoms with van der Waals surface area (Å²) in [6, 6.07) is 1.51. The van der Waals surface area contributed by atoms with Gasteiger partial charge < -0.3 is 9.88 Å². The Bertz CT molecular complexity index is 914. The number of amides is 1. The molecule has 0 radical (unpaired) electrons. The van der Waals surface area contributed by atoms with Gasteiger partial charge in [0, 0.05) is 43.7 Å². The molecule has 0 aromatic carbocycles. The molecule has 2 aromatic heterocycles. The predicted octanol–water partition coefficient (Wildman–Crippen LogP) is 1.58. The van der Waals surface area contributed by atoms with Crippen molar-refractivity contribution in [2.75, 3.05) is 13.1 Å². The quantitative estimate of drug-likeness (QED) is 0.804. The molecule has 2 aromatic rings. The number of piperidine rings is 1. The van der Waals surface area contributed by atoms with E-state index in [4.69, 9.17) is 0 Å². The second-order valence-electron chi connectivity index (χ2n) is 7.09. The van der Waals surface area contributed by atoms with E-state index < -0.39 is 0 Å². The normalized spacial score (nSPS) is 17.1. The van der Waals surface area contributed by atoms with Crippen LogP contribution in [0.15, 0.2) is 17.2 Å². The van der Waals surface area contributed by atoms with Crippen LogP contribution in [0.3, 0.4) is 0 Å². The lowest BCUT2D eigenvalue weighted by Crippen LogP contribution is -2.39. The molecular formula is C19H25N5O3. The number of nitrogens with zero attached hydrogens (tertiary/aromatic N) is 4. The van der Waals surface area contributed by atoms with E-state index in [2.05, 4.69) is 15.1 Å². The molecule has 0 unspecified atom stereocenters. The molecule has 1 N–H and O–H groups in total. The Morgan fingerprint density at radius 2 is 2.11 bits per heavy atom. The maximum Gasteiger partial charge on any atom is 0.250 e. The van der Waals surface area contributed by atoms with E-state index in [1.165, 1.54) is 19.3 Å². The lowest BCUT2D eigenvalue weighted by Gasteiger charge is -2.32. The van der Waals surface area contributed by atoms with Crippen molar-refractivity contribution in [1.82, 2.24) is 24.6 Å². The van der Waals surface area contributed by atoms with E-state index >= 15 is 0 Å². The summed E-state index contributed by atoms with van der Waals surface area (Å²) in [6.45, 7) is 6.94. The lowest BCUT2D eigenvalue weighted by molar-refractivity contribution is -0.132. The van der Waals surface area contributed by atoms with Crippen molar-refractivity contribution >= 4 is 11.7 Å². The summed E-state index contributed by atoms with van der Waals surface area (Å²) in [5.41, 5.74) is 2.71. The smallest absolute Gasteiger partial charge is 0.250 e. The van der Waals surface area contributed by atoms with Crippen molar-refractivity contribution < 1.29 is 9.59 Å². The number of H-pyrrole nitrogens is 1. The number of hydrogen-bond donors (Lipinski definition) is 1. The third-order valence-electron chi connectivity index (χ3n) is 5.16. The molecule has 3 heterocycles. The number of carbonyl (C=O) groups is 2. The van der Waals surface area contributed by atoms with E-state index in [9.17, 15) is 14.4 Å². The Kier molecular flexibility index (Phi) is 5.53. The summed E-state index contributed by atoms with van der Waals surface area (Å²) in [6.07, 6.45) is 3.54. The zero-order chi connectivity index (χ0) is 19.6. The van der Waals surface area contributed by atoms with Crippen LogP contribution < -0.4 is 5.56 Å². The number of Topliss-reactive ketones (excluding diaryl/α,β-unsaturated/α-hetero) is 1. The van der Waals surface area contributed by atoms with E-state index in [1.807, 2.05) is 18.7 Å². The van der Waals surface area contributed by atoms with E-state index in [0.29, 0.717) is 37.3 Å². The molecule has 0 bridgehead atoms. The second-order valence-corrected chi connectivity index (χ2v) is 7.09. The standard InChI is InChI=1S/C19H25N5O3/c1-12-19(14(3)25)13(2)24(22-12)8-6-18(27)23-7-4-5-15(10-23)16-9-17(26)21-11-20-16/h9,11,15H,4-8,10H2,1-3H3,(H,20,21,26)/t15-/m1/s1. The number of likely N-dealkylation sites (tertiary alicyclic amines) is 1. The third kappa shape index (κ3) is 4.15. The molecule has 0 aliphatic carbocycles. The van der Waals surface area contributed by atoms with E-state index in [-0.39, 0.29) is 23.2 Å². The van der Waals surface area contributed by atoms with Crippen LogP contribution >= 0.6 is 0 Å². The molecule has 1 saturated heterocycles. The van der Waals surface area contributed by atoms with Crippen LogP contribution in [-0.2, 0) is 11.3 Å². The maximum atomic E-state index is 12.7. The molecule has 1 atom stereocenters. The van der Waals surface area contributed by atoms with Gasteiger partial charge in [-0.15, -0.1) is 0 Å². The van der Waals surface area contributed by atoms with Crippen molar-refractivity contribution in [2.45, 2.75) is 52.5 Å². The highest BCUT2D eigenvalue weighted by Crippen LogP contribution is 2.25. The number of ketones is 1. The SMILES string of the molecule is CC(=O)c1c(C)nn(CCC(=O)N2CCC[C@@H](c3cc(=O)[nH]cn3)C2)c1C. The van der Waals surface area contributed by atoms with Crippen molar-refractivity contribution in [3.63, 3.8) is 0 Å². The minimum absolute atomic E-state index is 0.00760. The van der Waals surface area contributed by atoms with Gasteiger partial charge >= 0.3 is 0 Å². The lowest BCUT2D eigenvalue weighted by atomic mass is 9.94. The highest BCUT2D eigenvalue weighted by atomic mass is 16.2. The van der Waals surface area contributed by atoms with Crippen LogP contribution in [0.1, 0.15) is 59.5 Å². The van der Waals surface area contributed by atoms with E-state index in [0.717, 1.165) is 24.2 Å². The fraction of sp³-hybridized carbons (Fsp3) is 0.526. The topological polar surface area (TPSA) is 101 Å². The third-order valence-corrected chi connectivity index (χ3v) is 5.16. The average Bonchev–Trinajstić information content (AvgIpc) is 2.93. The number of nitrogens with one attached hydrogen (secondary N) is 1. The summed E-state index contributed by atoms with van der Waals surface area (Å²) in [4.78, 5) is 44.5. The number of carbonyl (C=O) groups excluding carboxylic acids is 2. The van der Waals surface area contributed by atoms with Crippen LogP contribution in [0.4, 0.5) is 0 Å². The maximum absolute atomic E-state index is 12.7. The Labute approximate surface area is 157 Å². The van der Waals surface area contributed by atoms with Crippen molar-refractivity contribution in [3.8, 4) is 0 Å². The monoisotopic (exact) mass is 371 g/mol. The summed E-state index contributed by atoms with van der Waals surface area (Å²) >= 11 is 0. The number of rotatable bonds is 5. The van der Waals surface area contributed by atoms with Gasteiger partial charge in [-0.1, -0.05) is 0 Å². The van der Waals surface area contributed by atoms with Crippen molar-refractivity contribution in [3.05, 3.63) is 45.4 Å². The Morgan fingerprint density at radius 1 is 1.33 bits per heavy atom. The number of aromatic amines is 1. The zero-order valence-corrected chi connectivity index (χ0v) is 16.0. The first kappa shape index (κ1) is 19.0. The first-order chi connectivity index (χ1) is 12.9.